The molecule has 0 aliphatic heterocycles. The van der Waals surface area contributed by atoms with Crippen LogP contribution in [-0.4, -0.2) is 29.8 Å². The number of rotatable bonds is 6. The van der Waals surface area contributed by atoms with Gasteiger partial charge in [-0.2, -0.15) is 0 Å². The Morgan fingerprint density at radius 2 is 2.27 bits per heavy atom. The number of aromatic amines is 1. The zero-order chi connectivity index (χ0) is 11.1. The third kappa shape index (κ3) is 3.59. The molecule has 0 aliphatic rings. The fourth-order valence-electron chi connectivity index (χ4n) is 0.953. The molecule has 1 heterocycles. The van der Waals surface area contributed by atoms with E-state index in [0.717, 1.165) is 6.42 Å². The maximum atomic E-state index is 11.0. The minimum Gasteiger partial charge on any atom is -0.474 e. The summed E-state index contributed by atoms with van der Waals surface area (Å²) in [6.07, 6.45) is 2.21. The van der Waals surface area contributed by atoms with Crippen LogP contribution in [0.1, 0.15) is 13.3 Å². The Kier molecular flexibility index (Phi) is 4.62. The van der Waals surface area contributed by atoms with E-state index in [9.17, 15) is 4.79 Å². The molecule has 0 saturated heterocycles. The van der Waals surface area contributed by atoms with Crippen molar-refractivity contribution < 1.29 is 9.47 Å². The highest BCUT2D eigenvalue weighted by Gasteiger charge is 2.04. The van der Waals surface area contributed by atoms with E-state index in [1.165, 1.54) is 6.33 Å². The van der Waals surface area contributed by atoms with Gasteiger partial charge in [0.1, 0.15) is 6.61 Å². The maximum Gasteiger partial charge on any atom is 0.277 e. The van der Waals surface area contributed by atoms with Crippen LogP contribution < -0.4 is 16.0 Å². The molecule has 0 atom stereocenters. The number of nitrogen functional groups attached to an aromatic ring is 1. The van der Waals surface area contributed by atoms with Gasteiger partial charge in [-0.3, -0.25) is 4.79 Å². The van der Waals surface area contributed by atoms with Crippen LogP contribution in [0.15, 0.2) is 11.1 Å². The summed E-state index contributed by atoms with van der Waals surface area (Å²) in [6, 6.07) is 0. The van der Waals surface area contributed by atoms with Crippen molar-refractivity contribution in [1.82, 2.24) is 9.97 Å². The zero-order valence-electron chi connectivity index (χ0n) is 8.66. The molecule has 0 aliphatic carbocycles. The Morgan fingerprint density at radius 1 is 1.47 bits per heavy atom. The topological polar surface area (TPSA) is 90.2 Å². The predicted octanol–water partition coefficient (Wildman–Crippen LogP) is 0.158. The molecule has 6 heteroatoms. The lowest BCUT2D eigenvalue weighted by Crippen LogP contribution is -2.16. The van der Waals surface area contributed by atoms with Crippen molar-refractivity contribution >= 4 is 5.69 Å². The highest BCUT2D eigenvalue weighted by Crippen LogP contribution is 2.09. The van der Waals surface area contributed by atoms with E-state index in [1.54, 1.807) is 0 Å². The number of H-pyrrole nitrogens is 1. The molecule has 15 heavy (non-hydrogen) atoms. The van der Waals surface area contributed by atoms with Crippen molar-refractivity contribution in [3.05, 3.63) is 16.7 Å². The van der Waals surface area contributed by atoms with Crippen LogP contribution in [-0.2, 0) is 4.74 Å². The van der Waals surface area contributed by atoms with Gasteiger partial charge >= 0.3 is 0 Å². The van der Waals surface area contributed by atoms with Gasteiger partial charge in [0, 0.05) is 6.61 Å². The minimum atomic E-state index is -0.394. The van der Waals surface area contributed by atoms with Gasteiger partial charge in [0.15, 0.2) is 5.69 Å². The molecule has 1 aromatic heterocycles. The highest BCUT2D eigenvalue weighted by atomic mass is 16.5. The van der Waals surface area contributed by atoms with Crippen LogP contribution in [0.5, 0.6) is 5.88 Å². The first-order valence-electron chi connectivity index (χ1n) is 4.79. The predicted molar refractivity (Wildman–Crippen MR) is 55.9 cm³/mol. The lowest BCUT2D eigenvalue weighted by atomic mass is 10.5. The van der Waals surface area contributed by atoms with E-state index in [2.05, 4.69) is 9.97 Å². The fourth-order valence-corrected chi connectivity index (χ4v) is 0.953. The number of ether oxygens (including phenoxy) is 2. The second-order valence-corrected chi connectivity index (χ2v) is 2.91. The molecule has 0 bridgehead atoms. The van der Waals surface area contributed by atoms with Crippen LogP contribution in [0.4, 0.5) is 5.69 Å². The van der Waals surface area contributed by atoms with Crippen molar-refractivity contribution in [3.8, 4) is 5.88 Å². The smallest absolute Gasteiger partial charge is 0.277 e. The summed E-state index contributed by atoms with van der Waals surface area (Å²) in [5.41, 5.74) is 5.05. The first-order valence-corrected chi connectivity index (χ1v) is 4.79. The molecular formula is C9H15N3O3. The van der Waals surface area contributed by atoms with E-state index in [-0.39, 0.29) is 11.6 Å². The maximum absolute atomic E-state index is 11.0. The van der Waals surface area contributed by atoms with Crippen LogP contribution in [0.3, 0.4) is 0 Å². The summed E-state index contributed by atoms with van der Waals surface area (Å²) in [5, 5.41) is 0. The van der Waals surface area contributed by atoms with Crippen LogP contribution in [0.25, 0.3) is 0 Å². The summed E-state index contributed by atoms with van der Waals surface area (Å²) < 4.78 is 10.4. The summed E-state index contributed by atoms with van der Waals surface area (Å²) in [5.74, 6) is 0.152. The van der Waals surface area contributed by atoms with E-state index >= 15 is 0 Å². The van der Waals surface area contributed by atoms with Crippen molar-refractivity contribution in [1.29, 1.82) is 0 Å². The largest absolute Gasteiger partial charge is 0.474 e. The molecule has 0 aromatic carbocycles. The Morgan fingerprint density at radius 3 is 3.00 bits per heavy atom. The molecule has 0 saturated carbocycles. The summed E-state index contributed by atoms with van der Waals surface area (Å²) in [7, 11) is 0. The van der Waals surface area contributed by atoms with Crippen molar-refractivity contribution in [2.24, 2.45) is 0 Å². The highest BCUT2D eigenvalue weighted by molar-refractivity contribution is 5.44. The monoisotopic (exact) mass is 213 g/mol. The molecule has 0 unspecified atom stereocenters. The minimum absolute atomic E-state index is 0.00649. The molecule has 0 amide bonds. The van der Waals surface area contributed by atoms with Crippen LogP contribution >= 0.6 is 0 Å². The van der Waals surface area contributed by atoms with Gasteiger partial charge in [0.05, 0.1) is 12.9 Å². The molecule has 84 valence electrons. The van der Waals surface area contributed by atoms with Gasteiger partial charge in [0.25, 0.3) is 5.56 Å². The van der Waals surface area contributed by atoms with Gasteiger partial charge in [-0.25, -0.2) is 4.98 Å². The van der Waals surface area contributed by atoms with Gasteiger partial charge < -0.3 is 20.2 Å². The lowest BCUT2D eigenvalue weighted by molar-refractivity contribution is 0.0992. The van der Waals surface area contributed by atoms with Gasteiger partial charge in [-0.15, -0.1) is 0 Å². The second kappa shape index (κ2) is 6.02. The van der Waals surface area contributed by atoms with Gasteiger partial charge in [0.2, 0.25) is 5.88 Å². The fraction of sp³-hybridized carbons (Fsp3) is 0.556. The third-order valence-electron chi connectivity index (χ3n) is 1.67. The Hall–Kier alpha value is -1.56. The quantitative estimate of drug-likeness (QED) is 0.657. The van der Waals surface area contributed by atoms with E-state index in [4.69, 9.17) is 15.2 Å². The average Bonchev–Trinajstić information content (AvgIpc) is 2.24. The summed E-state index contributed by atoms with van der Waals surface area (Å²) in [4.78, 5) is 17.2. The van der Waals surface area contributed by atoms with Gasteiger partial charge in [-0.1, -0.05) is 6.92 Å². The third-order valence-corrected chi connectivity index (χ3v) is 1.67. The van der Waals surface area contributed by atoms with Crippen molar-refractivity contribution in [2.45, 2.75) is 13.3 Å². The Balaban J connectivity index is 2.38. The number of aromatic nitrogens is 2. The first-order chi connectivity index (χ1) is 7.25. The normalized spacial score (nSPS) is 10.2. The number of anilines is 1. The first kappa shape index (κ1) is 11.5. The number of nitrogens with zero attached hydrogens (tertiary/aromatic N) is 1. The molecule has 6 nitrogen and oxygen atoms in total. The van der Waals surface area contributed by atoms with Crippen molar-refractivity contribution in [2.75, 3.05) is 25.6 Å². The molecule has 3 N–H and O–H groups in total. The Labute approximate surface area is 87.4 Å². The number of hydrogen-bond donors (Lipinski definition) is 2. The molecule has 0 spiro atoms. The number of nitrogens with two attached hydrogens (primary N) is 1. The standard InChI is InChI=1S/C9H15N3O3/c1-2-3-14-4-5-15-9-7(10)8(13)11-6-12-9/h6H,2-5,10H2,1H3,(H,11,12,13). The molecular weight excluding hydrogens is 198 g/mol. The molecule has 0 fully saturated rings. The van der Waals surface area contributed by atoms with E-state index in [1.807, 2.05) is 6.92 Å². The average molecular weight is 213 g/mol. The molecule has 1 rings (SSSR count). The van der Waals surface area contributed by atoms with Gasteiger partial charge in [-0.05, 0) is 6.42 Å². The number of nitrogens with one attached hydrogen (secondary N) is 1. The summed E-state index contributed by atoms with van der Waals surface area (Å²) >= 11 is 0. The molecule has 0 radical (unpaired) electrons. The summed E-state index contributed by atoms with van der Waals surface area (Å²) in [6.45, 7) is 3.52. The van der Waals surface area contributed by atoms with Crippen LogP contribution in [0, 0.1) is 0 Å². The molecule has 1 aromatic rings. The Bertz CT molecular complexity index is 351. The van der Waals surface area contributed by atoms with Crippen molar-refractivity contribution in [3.63, 3.8) is 0 Å². The lowest BCUT2D eigenvalue weighted by Gasteiger charge is -2.06. The number of hydrogen-bond acceptors (Lipinski definition) is 5. The SMILES string of the molecule is CCCOCCOc1nc[nH]c(=O)c1N. The van der Waals surface area contributed by atoms with Crippen LogP contribution in [0.2, 0.25) is 0 Å². The van der Waals surface area contributed by atoms with E-state index in [0.29, 0.717) is 19.8 Å². The van der Waals surface area contributed by atoms with E-state index < -0.39 is 5.56 Å². The second-order valence-electron chi connectivity index (χ2n) is 2.91. The zero-order valence-corrected chi connectivity index (χ0v) is 8.66.